The van der Waals surface area contributed by atoms with E-state index in [0.717, 1.165) is 18.0 Å². The number of benzene rings is 1. The third-order valence-corrected chi connectivity index (χ3v) is 4.37. The van der Waals surface area contributed by atoms with Crippen LogP contribution in [0.1, 0.15) is 26.7 Å². The van der Waals surface area contributed by atoms with Gasteiger partial charge in [0.15, 0.2) is 5.96 Å². The Kier molecular flexibility index (Phi) is 5.59. The van der Waals surface area contributed by atoms with Gasteiger partial charge in [0.25, 0.3) is 0 Å². The molecule has 2 rings (SSSR count). The van der Waals surface area contributed by atoms with Gasteiger partial charge in [-0.2, -0.15) is 11.8 Å². The number of hydrogen-bond acceptors (Lipinski definition) is 3. The van der Waals surface area contributed by atoms with E-state index in [1.54, 1.807) is 0 Å². The topological polar surface area (TPSA) is 59.6 Å². The van der Waals surface area contributed by atoms with Gasteiger partial charge in [-0.05, 0) is 56.7 Å². The average Bonchev–Trinajstić information content (AvgIpc) is 2.91. The molecule has 0 aromatic heterocycles. The van der Waals surface area contributed by atoms with E-state index in [1.807, 2.05) is 49.9 Å². The first-order valence-electron chi connectivity index (χ1n) is 7.09. The lowest BCUT2D eigenvalue weighted by Crippen LogP contribution is -2.24. The fourth-order valence-electron chi connectivity index (χ4n) is 2.06. The number of thioether (sulfide) groups is 1. The van der Waals surface area contributed by atoms with E-state index >= 15 is 0 Å². The zero-order chi connectivity index (χ0) is 14.4. The van der Waals surface area contributed by atoms with Crippen LogP contribution in [-0.4, -0.2) is 29.6 Å². The lowest BCUT2D eigenvalue weighted by atomic mass is 10.2. The number of guanidine groups is 1. The van der Waals surface area contributed by atoms with Crippen LogP contribution >= 0.6 is 11.8 Å². The first-order chi connectivity index (χ1) is 9.63. The summed E-state index contributed by atoms with van der Waals surface area (Å²) >= 11 is 1.99. The van der Waals surface area contributed by atoms with Crippen LogP contribution in [0.3, 0.4) is 0 Å². The molecule has 1 unspecified atom stereocenters. The van der Waals surface area contributed by atoms with Crippen molar-refractivity contribution in [2.75, 3.05) is 17.6 Å². The number of anilines is 1. The molecule has 20 heavy (non-hydrogen) atoms. The van der Waals surface area contributed by atoms with Gasteiger partial charge in [-0.15, -0.1) is 0 Å². The minimum atomic E-state index is 0.185. The van der Waals surface area contributed by atoms with Crippen LogP contribution < -0.4 is 15.8 Å². The summed E-state index contributed by atoms with van der Waals surface area (Å²) in [5.74, 6) is 2.60. The maximum Gasteiger partial charge on any atom is 0.193 e. The normalized spacial score (nSPS) is 19.4. The molecule has 0 bridgehead atoms. The Balaban J connectivity index is 1.83. The number of hydrogen-bond donors (Lipinski definition) is 2. The monoisotopic (exact) mass is 293 g/mol. The largest absolute Gasteiger partial charge is 0.491 e. The van der Waals surface area contributed by atoms with Crippen LogP contribution in [-0.2, 0) is 0 Å². The van der Waals surface area contributed by atoms with E-state index in [0.29, 0.717) is 11.2 Å². The summed E-state index contributed by atoms with van der Waals surface area (Å²) in [7, 11) is 0. The van der Waals surface area contributed by atoms with E-state index in [4.69, 9.17) is 10.5 Å². The second-order valence-electron chi connectivity index (χ2n) is 5.18. The van der Waals surface area contributed by atoms with Crippen molar-refractivity contribution in [3.63, 3.8) is 0 Å². The number of aliphatic imine (C=N–C) groups is 1. The zero-order valence-corrected chi connectivity index (χ0v) is 13.0. The summed E-state index contributed by atoms with van der Waals surface area (Å²) < 4.78 is 5.60. The Bertz CT molecular complexity index is 439. The van der Waals surface area contributed by atoms with Gasteiger partial charge < -0.3 is 15.8 Å². The van der Waals surface area contributed by atoms with E-state index in [1.165, 1.54) is 18.6 Å². The molecular weight excluding hydrogens is 270 g/mol. The van der Waals surface area contributed by atoms with E-state index in [2.05, 4.69) is 10.3 Å². The highest BCUT2D eigenvalue weighted by Gasteiger charge is 2.14. The second-order valence-corrected chi connectivity index (χ2v) is 6.59. The highest BCUT2D eigenvalue weighted by molar-refractivity contribution is 8.00. The Morgan fingerprint density at radius 2 is 2.20 bits per heavy atom. The fraction of sp³-hybridized carbons (Fsp3) is 0.533. The van der Waals surface area contributed by atoms with Gasteiger partial charge in [0, 0.05) is 10.9 Å². The van der Waals surface area contributed by atoms with Gasteiger partial charge in [-0.1, -0.05) is 0 Å². The molecule has 4 nitrogen and oxygen atoms in total. The molecule has 3 N–H and O–H groups in total. The summed E-state index contributed by atoms with van der Waals surface area (Å²) in [6, 6.07) is 7.76. The first kappa shape index (κ1) is 15.0. The Labute approximate surface area is 125 Å². The molecule has 0 spiro atoms. The molecule has 1 saturated heterocycles. The number of nitrogens with one attached hydrogen (secondary N) is 1. The molecule has 1 atom stereocenters. The SMILES string of the molecule is CC(C)Oc1ccc(NC(N)=NCC2CCCS2)cc1. The van der Waals surface area contributed by atoms with Gasteiger partial charge >= 0.3 is 0 Å². The summed E-state index contributed by atoms with van der Waals surface area (Å²) in [5.41, 5.74) is 6.83. The van der Waals surface area contributed by atoms with Gasteiger partial charge in [-0.25, -0.2) is 0 Å². The average molecular weight is 293 g/mol. The molecule has 1 fully saturated rings. The highest BCUT2D eigenvalue weighted by atomic mass is 32.2. The quantitative estimate of drug-likeness (QED) is 0.647. The molecule has 110 valence electrons. The van der Waals surface area contributed by atoms with Crippen molar-refractivity contribution >= 4 is 23.4 Å². The molecule has 1 aliphatic heterocycles. The Hall–Kier alpha value is -1.36. The molecule has 5 heteroatoms. The minimum absolute atomic E-state index is 0.185. The maximum absolute atomic E-state index is 5.90. The van der Waals surface area contributed by atoms with Crippen molar-refractivity contribution in [2.45, 2.75) is 38.0 Å². The fourth-order valence-corrected chi connectivity index (χ4v) is 3.24. The maximum atomic E-state index is 5.90. The van der Waals surface area contributed by atoms with Gasteiger partial charge in [-0.3, -0.25) is 4.99 Å². The van der Waals surface area contributed by atoms with Crippen molar-refractivity contribution < 1.29 is 4.74 Å². The number of ether oxygens (including phenoxy) is 1. The summed E-state index contributed by atoms with van der Waals surface area (Å²) in [5, 5.41) is 3.75. The molecule has 1 heterocycles. The summed E-state index contributed by atoms with van der Waals surface area (Å²) in [4.78, 5) is 4.40. The van der Waals surface area contributed by atoms with Crippen LogP contribution in [0.25, 0.3) is 0 Å². The van der Waals surface area contributed by atoms with Crippen molar-refractivity contribution in [2.24, 2.45) is 10.7 Å². The molecule has 0 saturated carbocycles. The Morgan fingerprint density at radius 3 is 2.80 bits per heavy atom. The molecule has 0 aliphatic carbocycles. The summed E-state index contributed by atoms with van der Waals surface area (Å²) in [6.07, 6.45) is 2.74. The van der Waals surface area contributed by atoms with Crippen LogP contribution in [0.2, 0.25) is 0 Å². The minimum Gasteiger partial charge on any atom is -0.491 e. The van der Waals surface area contributed by atoms with Crippen LogP contribution in [0.15, 0.2) is 29.3 Å². The lowest BCUT2D eigenvalue weighted by Gasteiger charge is -2.11. The summed E-state index contributed by atoms with van der Waals surface area (Å²) in [6.45, 7) is 4.83. The smallest absolute Gasteiger partial charge is 0.193 e. The Morgan fingerprint density at radius 1 is 1.45 bits per heavy atom. The third-order valence-electron chi connectivity index (χ3n) is 2.99. The van der Waals surface area contributed by atoms with E-state index in [9.17, 15) is 0 Å². The zero-order valence-electron chi connectivity index (χ0n) is 12.1. The van der Waals surface area contributed by atoms with E-state index in [-0.39, 0.29) is 6.10 Å². The third kappa shape index (κ3) is 4.96. The van der Waals surface area contributed by atoms with Crippen LogP contribution in [0.4, 0.5) is 5.69 Å². The van der Waals surface area contributed by atoms with Crippen molar-refractivity contribution in [3.05, 3.63) is 24.3 Å². The molecule has 1 aromatic carbocycles. The molecule has 1 aliphatic rings. The van der Waals surface area contributed by atoms with Gasteiger partial charge in [0.2, 0.25) is 0 Å². The number of nitrogens with zero attached hydrogens (tertiary/aromatic N) is 1. The van der Waals surface area contributed by atoms with Crippen molar-refractivity contribution in [3.8, 4) is 5.75 Å². The molecule has 0 radical (unpaired) electrons. The van der Waals surface area contributed by atoms with Crippen LogP contribution in [0, 0.1) is 0 Å². The van der Waals surface area contributed by atoms with Crippen LogP contribution in [0.5, 0.6) is 5.75 Å². The molecular formula is C15H23N3OS. The first-order valence-corrected chi connectivity index (χ1v) is 8.13. The lowest BCUT2D eigenvalue weighted by molar-refractivity contribution is 0.242. The number of rotatable bonds is 5. The molecule has 1 aromatic rings. The van der Waals surface area contributed by atoms with E-state index < -0.39 is 0 Å². The predicted molar refractivity (Wildman–Crippen MR) is 87.8 cm³/mol. The second kappa shape index (κ2) is 7.43. The standard InChI is InChI=1S/C15H23N3OS/c1-11(2)19-13-7-5-12(6-8-13)18-15(16)17-10-14-4-3-9-20-14/h5-8,11,14H,3-4,9-10H2,1-2H3,(H3,16,17,18). The number of nitrogens with two attached hydrogens (primary N) is 1. The highest BCUT2D eigenvalue weighted by Crippen LogP contribution is 2.26. The molecule has 0 amide bonds. The predicted octanol–water partition coefficient (Wildman–Crippen LogP) is 3.10. The van der Waals surface area contributed by atoms with Crippen molar-refractivity contribution in [1.82, 2.24) is 0 Å². The van der Waals surface area contributed by atoms with Gasteiger partial charge in [0.1, 0.15) is 5.75 Å². The van der Waals surface area contributed by atoms with Crippen molar-refractivity contribution in [1.29, 1.82) is 0 Å². The van der Waals surface area contributed by atoms with Gasteiger partial charge in [0.05, 0.1) is 12.6 Å².